The molecule has 0 aromatic heterocycles. The fourth-order valence-electron chi connectivity index (χ4n) is 5.34. The Morgan fingerprint density at radius 1 is 0.974 bits per heavy atom. The molecule has 0 spiro atoms. The van der Waals surface area contributed by atoms with Gasteiger partial charge in [-0.05, 0) is 72.2 Å². The Morgan fingerprint density at radius 3 is 2.21 bits per heavy atom. The fraction of sp³-hybridized carbons (Fsp3) is 0.323. The first-order valence-electron chi connectivity index (χ1n) is 12.9. The number of benzene rings is 3. The quantitative estimate of drug-likeness (QED) is 0.290. The largest absolute Gasteiger partial charge is 0.480 e. The minimum atomic E-state index is -1.04. The number of amides is 3. The molecule has 1 saturated carbocycles. The van der Waals surface area contributed by atoms with Gasteiger partial charge in [0.15, 0.2) is 0 Å². The van der Waals surface area contributed by atoms with E-state index >= 15 is 0 Å². The molecule has 7 nitrogen and oxygen atoms in total. The second kappa shape index (κ2) is 11.8. The van der Waals surface area contributed by atoms with Gasteiger partial charge in [-0.3, -0.25) is 4.79 Å². The van der Waals surface area contributed by atoms with E-state index in [1.165, 1.54) is 0 Å². The summed E-state index contributed by atoms with van der Waals surface area (Å²) in [5.41, 5.74) is 3.91. The number of aryl methyl sites for hydroxylation is 2. The van der Waals surface area contributed by atoms with E-state index in [4.69, 9.17) is 6.42 Å². The van der Waals surface area contributed by atoms with Crippen molar-refractivity contribution in [2.45, 2.75) is 58.4 Å². The summed E-state index contributed by atoms with van der Waals surface area (Å²) in [6.45, 7) is 3.80. The second-order valence-electron chi connectivity index (χ2n) is 10.00. The molecular formula is C31H33N3O4. The smallest absolute Gasteiger partial charge is 0.326 e. The van der Waals surface area contributed by atoms with Crippen molar-refractivity contribution >= 4 is 40.1 Å². The molecule has 0 bridgehead atoms. The Kier molecular flexibility index (Phi) is 8.32. The van der Waals surface area contributed by atoms with E-state index in [2.05, 4.69) is 21.9 Å². The minimum Gasteiger partial charge on any atom is -0.480 e. The molecule has 1 fully saturated rings. The maximum atomic E-state index is 13.5. The summed E-state index contributed by atoms with van der Waals surface area (Å²) in [6, 6.07) is 13.3. The third-order valence-electron chi connectivity index (χ3n) is 7.19. The number of fused-ring (bicyclic) bond motifs is 1. The van der Waals surface area contributed by atoms with Crippen LogP contribution in [0.1, 0.15) is 59.2 Å². The number of nitrogens with one attached hydrogen (secondary N) is 3. The molecule has 4 rings (SSSR count). The van der Waals surface area contributed by atoms with Crippen molar-refractivity contribution in [2.75, 3.05) is 10.6 Å². The van der Waals surface area contributed by atoms with Crippen LogP contribution in [0.4, 0.5) is 16.2 Å². The van der Waals surface area contributed by atoms with Crippen LogP contribution in [0.5, 0.6) is 0 Å². The standard InChI is InChI=1S/C31H33N3O4/c1-4-10-21-15-19(2)27(20(3)16-21)34-31(38)32-26-18-24-14-9-8-13-23(24)17-25(26)29(35)33-28(30(36)37)22-11-6-5-7-12-22/h1,8-9,13-18,22,28H,5-7,10-12H2,2-3H3,(H,33,35)(H,36,37)(H2,32,34,38). The summed E-state index contributed by atoms with van der Waals surface area (Å²) in [5.74, 6) is 0.936. The lowest BCUT2D eigenvalue weighted by atomic mass is 9.83. The highest BCUT2D eigenvalue weighted by atomic mass is 16.4. The number of anilines is 2. The van der Waals surface area contributed by atoms with Gasteiger partial charge in [0.1, 0.15) is 6.04 Å². The van der Waals surface area contributed by atoms with Crippen LogP contribution in [0.3, 0.4) is 0 Å². The lowest BCUT2D eigenvalue weighted by Crippen LogP contribution is -2.46. The molecule has 1 atom stereocenters. The first-order valence-corrected chi connectivity index (χ1v) is 12.9. The number of carboxylic acids is 1. The van der Waals surface area contributed by atoms with Gasteiger partial charge in [0.2, 0.25) is 0 Å². The summed E-state index contributed by atoms with van der Waals surface area (Å²) in [7, 11) is 0. The van der Waals surface area contributed by atoms with E-state index in [0.29, 0.717) is 17.8 Å². The van der Waals surface area contributed by atoms with Crippen molar-refractivity contribution in [2.24, 2.45) is 5.92 Å². The van der Waals surface area contributed by atoms with Crippen LogP contribution < -0.4 is 16.0 Å². The van der Waals surface area contributed by atoms with Crippen LogP contribution in [0.15, 0.2) is 48.5 Å². The Bertz CT molecular complexity index is 1390. The lowest BCUT2D eigenvalue weighted by Gasteiger charge is -2.28. The summed E-state index contributed by atoms with van der Waals surface area (Å²) in [6.07, 6.45) is 10.5. The van der Waals surface area contributed by atoms with Crippen LogP contribution in [-0.4, -0.2) is 29.1 Å². The van der Waals surface area contributed by atoms with E-state index in [1.807, 2.05) is 50.2 Å². The number of aliphatic carboxylic acids is 1. The number of urea groups is 1. The van der Waals surface area contributed by atoms with Crippen molar-refractivity contribution in [3.63, 3.8) is 0 Å². The van der Waals surface area contributed by atoms with Crippen molar-refractivity contribution in [1.29, 1.82) is 0 Å². The number of hydrogen-bond acceptors (Lipinski definition) is 3. The Labute approximate surface area is 223 Å². The van der Waals surface area contributed by atoms with Gasteiger partial charge in [-0.15, -0.1) is 12.3 Å². The Morgan fingerprint density at radius 2 is 1.61 bits per heavy atom. The third kappa shape index (κ3) is 6.15. The average Bonchev–Trinajstić information content (AvgIpc) is 2.89. The molecular weight excluding hydrogens is 478 g/mol. The maximum Gasteiger partial charge on any atom is 0.326 e. The molecule has 1 aliphatic carbocycles. The van der Waals surface area contributed by atoms with E-state index in [-0.39, 0.29) is 11.5 Å². The zero-order valence-corrected chi connectivity index (χ0v) is 21.8. The molecule has 3 amide bonds. The van der Waals surface area contributed by atoms with Crippen molar-refractivity contribution < 1.29 is 19.5 Å². The monoisotopic (exact) mass is 511 g/mol. The van der Waals surface area contributed by atoms with E-state index in [9.17, 15) is 19.5 Å². The number of rotatable bonds is 7. The molecule has 0 heterocycles. The summed E-state index contributed by atoms with van der Waals surface area (Å²) in [5, 5.41) is 20.0. The van der Waals surface area contributed by atoms with Gasteiger partial charge in [0, 0.05) is 12.1 Å². The van der Waals surface area contributed by atoms with Crippen LogP contribution >= 0.6 is 0 Å². The van der Waals surface area contributed by atoms with Crippen LogP contribution in [0.25, 0.3) is 10.8 Å². The van der Waals surface area contributed by atoms with Crippen molar-refractivity contribution in [1.82, 2.24) is 5.32 Å². The lowest BCUT2D eigenvalue weighted by molar-refractivity contribution is -0.141. The molecule has 38 heavy (non-hydrogen) atoms. The van der Waals surface area contributed by atoms with Crippen molar-refractivity contribution in [3.8, 4) is 12.3 Å². The number of carbonyl (C=O) groups is 3. The number of carboxylic acid groups (broad SMARTS) is 1. The zero-order chi connectivity index (χ0) is 27.2. The second-order valence-corrected chi connectivity index (χ2v) is 10.00. The van der Waals surface area contributed by atoms with E-state index < -0.39 is 23.9 Å². The predicted molar refractivity (Wildman–Crippen MR) is 151 cm³/mol. The molecule has 1 aliphatic rings. The van der Waals surface area contributed by atoms with Gasteiger partial charge in [0.25, 0.3) is 5.91 Å². The van der Waals surface area contributed by atoms with Gasteiger partial charge in [-0.1, -0.05) is 55.7 Å². The predicted octanol–water partition coefficient (Wildman–Crippen LogP) is 6.04. The van der Waals surface area contributed by atoms with E-state index in [0.717, 1.165) is 59.6 Å². The van der Waals surface area contributed by atoms with Crippen molar-refractivity contribution in [3.05, 3.63) is 70.8 Å². The van der Waals surface area contributed by atoms with Crippen LogP contribution in [0, 0.1) is 32.1 Å². The average molecular weight is 512 g/mol. The van der Waals surface area contributed by atoms with Gasteiger partial charge in [-0.25, -0.2) is 9.59 Å². The summed E-state index contributed by atoms with van der Waals surface area (Å²) < 4.78 is 0. The molecule has 1 unspecified atom stereocenters. The molecule has 3 aromatic rings. The topological polar surface area (TPSA) is 108 Å². The van der Waals surface area contributed by atoms with Crippen LogP contribution in [0.2, 0.25) is 0 Å². The first kappa shape index (κ1) is 26.7. The summed E-state index contributed by atoms with van der Waals surface area (Å²) >= 11 is 0. The maximum absolute atomic E-state index is 13.5. The summed E-state index contributed by atoms with van der Waals surface area (Å²) in [4.78, 5) is 38.6. The molecule has 0 saturated heterocycles. The molecule has 0 aliphatic heterocycles. The van der Waals surface area contributed by atoms with Gasteiger partial charge >= 0.3 is 12.0 Å². The highest BCUT2D eigenvalue weighted by Crippen LogP contribution is 2.29. The molecule has 7 heteroatoms. The highest BCUT2D eigenvalue weighted by molar-refractivity contribution is 6.10. The zero-order valence-electron chi connectivity index (χ0n) is 21.8. The number of carbonyl (C=O) groups excluding carboxylic acids is 2. The number of terminal acetylenes is 1. The molecule has 4 N–H and O–H groups in total. The third-order valence-corrected chi connectivity index (χ3v) is 7.19. The molecule has 3 aromatic carbocycles. The SMILES string of the molecule is C#CCc1cc(C)c(NC(=O)Nc2cc3ccccc3cc2C(=O)NC(C(=O)O)C2CCCCC2)c(C)c1. The molecule has 196 valence electrons. The number of hydrogen-bond donors (Lipinski definition) is 4. The fourth-order valence-corrected chi connectivity index (χ4v) is 5.34. The van der Waals surface area contributed by atoms with Gasteiger partial charge < -0.3 is 21.1 Å². The highest BCUT2D eigenvalue weighted by Gasteiger charge is 2.31. The van der Waals surface area contributed by atoms with Gasteiger partial charge in [0.05, 0.1) is 11.3 Å². The van der Waals surface area contributed by atoms with E-state index in [1.54, 1.807) is 12.1 Å². The Hall–Kier alpha value is -4.31. The molecule has 0 radical (unpaired) electrons. The Balaban J connectivity index is 1.61. The first-order chi connectivity index (χ1) is 18.3. The minimum absolute atomic E-state index is 0.117. The normalized spacial score (nSPS) is 14.3. The van der Waals surface area contributed by atoms with Crippen LogP contribution in [-0.2, 0) is 11.2 Å². The van der Waals surface area contributed by atoms with Gasteiger partial charge in [-0.2, -0.15) is 0 Å².